The van der Waals surface area contributed by atoms with Crippen LogP contribution in [0.4, 0.5) is 0 Å². The molecule has 0 spiro atoms. The SMILES string of the molecule is CCn1cc2c(n1)CN(C(=O)c1ccoc1)C[C@@H]2COCC1CC1. The molecule has 24 heavy (non-hydrogen) atoms. The van der Waals surface area contributed by atoms with Crippen molar-refractivity contribution in [3.63, 3.8) is 0 Å². The first-order valence-corrected chi connectivity index (χ1v) is 8.70. The lowest BCUT2D eigenvalue weighted by molar-refractivity contribution is 0.0626. The summed E-state index contributed by atoms with van der Waals surface area (Å²) in [6.07, 6.45) is 7.72. The second kappa shape index (κ2) is 6.43. The molecule has 0 bridgehead atoms. The van der Waals surface area contributed by atoms with E-state index in [9.17, 15) is 4.79 Å². The summed E-state index contributed by atoms with van der Waals surface area (Å²) < 4.78 is 12.9. The molecular formula is C18H23N3O3. The van der Waals surface area contributed by atoms with Gasteiger partial charge in [0.15, 0.2) is 0 Å². The summed E-state index contributed by atoms with van der Waals surface area (Å²) in [6, 6.07) is 1.71. The van der Waals surface area contributed by atoms with Crippen LogP contribution in [0.15, 0.2) is 29.2 Å². The van der Waals surface area contributed by atoms with Gasteiger partial charge >= 0.3 is 0 Å². The lowest BCUT2D eigenvalue weighted by atomic mass is 9.95. The van der Waals surface area contributed by atoms with Gasteiger partial charge < -0.3 is 14.1 Å². The maximum absolute atomic E-state index is 12.7. The summed E-state index contributed by atoms with van der Waals surface area (Å²) in [6.45, 7) is 5.60. The Morgan fingerprint density at radius 2 is 2.29 bits per heavy atom. The number of fused-ring (bicyclic) bond motifs is 1. The maximum Gasteiger partial charge on any atom is 0.257 e. The Morgan fingerprint density at radius 3 is 3.00 bits per heavy atom. The summed E-state index contributed by atoms with van der Waals surface area (Å²) in [4.78, 5) is 14.5. The highest BCUT2D eigenvalue weighted by Gasteiger charge is 2.32. The Kier molecular flexibility index (Phi) is 4.14. The van der Waals surface area contributed by atoms with Crippen molar-refractivity contribution >= 4 is 5.91 Å². The normalized spacial score (nSPS) is 20.2. The zero-order valence-electron chi connectivity index (χ0n) is 14.0. The van der Waals surface area contributed by atoms with E-state index >= 15 is 0 Å². The Hall–Kier alpha value is -2.08. The average Bonchev–Trinajstić information content (AvgIpc) is 3.11. The molecule has 6 nitrogen and oxygen atoms in total. The van der Waals surface area contributed by atoms with Gasteiger partial charge in [0.05, 0.1) is 30.7 Å². The lowest BCUT2D eigenvalue weighted by Gasteiger charge is -2.31. The third-order valence-corrected chi connectivity index (χ3v) is 4.84. The molecule has 2 aromatic heterocycles. The van der Waals surface area contributed by atoms with E-state index in [-0.39, 0.29) is 11.8 Å². The fourth-order valence-electron chi connectivity index (χ4n) is 3.24. The van der Waals surface area contributed by atoms with E-state index in [2.05, 4.69) is 18.2 Å². The number of carbonyl (C=O) groups is 1. The lowest BCUT2D eigenvalue weighted by Crippen LogP contribution is -2.39. The van der Waals surface area contributed by atoms with Crippen molar-refractivity contribution < 1.29 is 13.9 Å². The van der Waals surface area contributed by atoms with Crippen LogP contribution in [0, 0.1) is 5.92 Å². The van der Waals surface area contributed by atoms with Crippen LogP contribution in [0.1, 0.15) is 47.3 Å². The van der Waals surface area contributed by atoms with E-state index in [1.807, 2.05) is 9.58 Å². The maximum atomic E-state index is 12.7. The van der Waals surface area contributed by atoms with Crippen LogP contribution in [0.25, 0.3) is 0 Å². The second-order valence-electron chi connectivity index (χ2n) is 6.76. The van der Waals surface area contributed by atoms with Gasteiger partial charge in [-0.1, -0.05) is 0 Å². The first-order chi connectivity index (χ1) is 11.7. The van der Waals surface area contributed by atoms with E-state index < -0.39 is 0 Å². The molecule has 1 aliphatic heterocycles. The number of ether oxygens (including phenoxy) is 1. The van der Waals surface area contributed by atoms with Gasteiger partial charge in [-0.05, 0) is 31.7 Å². The monoisotopic (exact) mass is 329 g/mol. The van der Waals surface area contributed by atoms with Crippen LogP contribution < -0.4 is 0 Å². The summed E-state index contributed by atoms with van der Waals surface area (Å²) in [5.74, 6) is 0.923. The third kappa shape index (κ3) is 3.11. The van der Waals surface area contributed by atoms with Crippen molar-refractivity contribution in [3.8, 4) is 0 Å². The molecule has 0 unspecified atom stereocenters. The molecule has 128 valence electrons. The van der Waals surface area contributed by atoms with Crippen LogP contribution in [0.5, 0.6) is 0 Å². The van der Waals surface area contributed by atoms with Gasteiger partial charge in [-0.15, -0.1) is 0 Å². The van der Waals surface area contributed by atoms with Gasteiger partial charge in [-0.2, -0.15) is 5.10 Å². The molecule has 2 aliphatic rings. The molecule has 0 saturated heterocycles. The molecule has 0 aromatic carbocycles. The molecule has 1 atom stereocenters. The second-order valence-corrected chi connectivity index (χ2v) is 6.76. The zero-order chi connectivity index (χ0) is 16.5. The fourth-order valence-corrected chi connectivity index (χ4v) is 3.24. The molecule has 1 saturated carbocycles. The molecule has 1 amide bonds. The minimum absolute atomic E-state index is 0.00681. The van der Waals surface area contributed by atoms with E-state index in [1.165, 1.54) is 30.9 Å². The van der Waals surface area contributed by atoms with Crippen LogP contribution in [0.3, 0.4) is 0 Å². The molecular weight excluding hydrogens is 306 g/mol. The van der Waals surface area contributed by atoms with Gasteiger partial charge in [-0.25, -0.2) is 0 Å². The van der Waals surface area contributed by atoms with E-state index in [0.717, 1.165) is 24.8 Å². The van der Waals surface area contributed by atoms with Crippen LogP contribution in [-0.2, 0) is 17.8 Å². The number of aryl methyl sites for hydroxylation is 1. The predicted molar refractivity (Wildman–Crippen MR) is 87.6 cm³/mol. The first-order valence-electron chi connectivity index (χ1n) is 8.70. The molecule has 4 rings (SSSR count). The number of aromatic nitrogens is 2. The Morgan fingerprint density at radius 1 is 1.42 bits per heavy atom. The zero-order valence-corrected chi connectivity index (χ0v) is 14.0. The molecule has 0 radical (unpaired) electrons. The third-order valence-electron chi connectivity index (χ3n) is 4.84. The van der Waals surface area contributed by atoms with E-state index in [1.54, 1.807) is 6.07 Å². The number of hydrogen-bond donors (Lipinski definition) is 0. The number of amides is 1. The van der Waals surface area contributed by atoms with Gasteiger partial charge in [-0.3, -0.25) is 9.48 Å². The summed E-state index contributed by atoms with van der Waals surface area (Å²) in [5.41, 5.74) is 2.80. The largest absolute Gasteiger partial charge is 0.472 e. The molecule has 3 heterocycles. The Balaban J connectivity index is 1.52. The minimum Gasteiger partial charge on any atom is -0.472 e. The highest BCUT2D eigenvalue weighted by atomic mass is 16.5. The van der Waals surface area contributed by atoms with E-state index in [4.69, 9.17) is 9.15 Å². The number of furan rings is 1. The summed E-state index contributed by atoms with van der Waals surface area (Å²) in [5, 5.41) is 4.63. The van der Waals surface area contributed by atoms with Crippen molar-refractivity contribution in [2.24, 2.45) is 5.92 Å². The summed E-state index contributed by atoms with van der Waals surface area (Å²) in [7, 11) is 0. The van der Waals surface area contributed by atoms with Crippen molar-refractivity contribution in [3.05, 3.63) is 41.6 Å². The quantitative estimate of drug-likeness (QED) is 0.817. The number of hydrogen-bond acceptors (Lipinski definition) is 4. The standard InChI is InChI=1S/C18H23N3O3/c1-2-21-8-16-15(12-24-10-13-3-4-13)7-20(9-17(16)19-21)18(22)14-5-6-23-11-14/h5-6,8,11,13,15H,2-4,7,9-10,12H2,1H3/t15-/m1/s1. The molecule has 6 heteroatoms. The molecule has 2 aromatic rings. The van der Waals surface area contributed by atoms with Crippen LogP contribution >= 0.6 is 0 Å². The topological polar surface area (TPSA) is 60.5 Å². The number of carbonyl (C=O) groups excluding carboxylic acids is 1. The predicted octanol–water partition coefficient (Wildman–Crippen LogP) is 2.66. The highest BCUT2D eigenvalue weighted by molar-refractivity contribution is 5.94. The average molecular weight is 329 g/mol. The van der Waals surface area contributed by atoms with Crippen molar-refractivity contribution in [1.29, 1.82) is 0 Å². The van der Waals surface area contributed by atoms with Gasteiger partial charge in [0.1, 0.15) is 6.26 Å². The van der Waals surface area contributed by atoms with Gasteiger partial charge in [0.25, 0.3) is 5.91 Å². The number of rotatable bonds is 6. The Labute approximate surface area is 141 Å². The van der Waals surface area contributed by atoms with Crippen LogP contribution in [-0.4, -0.2) is 40.3 Å². The van der Waals surface area contributed by atoms with Crippen molar-refractivity contribution in [2.75, 3.05) is 19.8 Å². The Bertz CT molecular complexity index is 703. The fraction of sp³-hybridized carbons (Fsp3) is 0.556. The van der Waals surface area contributed by atoms with Crippen molar-refractivity contribution in [1.82, 2.24) is 14.7 Å². The first kappa shape index (κ1) is 15.4. The van der Waals surface area contributed by atoms with Crippen molar-refractivity contribution in [2.45, 2.75) is 38.8 Å². The highest BCUT2D eigenvalue weighted by Crippen LogP contribution is 2.32. The molecule has 1 fully saturated rings. The van der Waals surface area contributed by atoms with Crippen LogP contribution in [0.2, 0.25) is 0 Å². The molecule has 0 N–H and O–H groups in total. The number of nitrogens with zero attached hydrogens (tertiary/aromatic N) is 3. The minimum atomic E-state index is -0.00681. The smallest absolute Gasteiger partial charge is 0.257 e. The molecule has 1 aliphatic carbocycles. The van der Waals surface area contributed by atoms with Gasteiger partial charge in [0.2, 0.25) is 0 Å². The van der Waals surface area contributed by atoms with E-state index in [0.29, 0.717) is 25.3 Å². The summed E-state index contributed by atoms with van der Waals surface area (Å²) >= 11 is 0. The van der Waals surface area contributed by atoms with Gasteiger partial charge in [0, 0.05) is 37.4 Å².